The second-order valence-corrected chi connectivity index (χ2v) is 34.3. The SMILES string of the molecule is CC(C)CCCCCCCCCCCCCCCCCCC(=O)O[C@H](COC(=O)CCCCCCCCC(C)C)COP(=O)(O)OCC(O)COP(=O)(O)OC[C@@H](COC(=O)CCCCCCCCCCCCCCC(C)C)OC(=O)CCCCCCCCCCCCCCCCCC(C)C. The summed E-state index contributed by atoms with van der Waals surface area (Å²) in [5.41, 5.74) is 0. The third-order valence-electron chi connectivity index (χ3n) is 19.1. The molecular formula is C82H160O17P2. The lowest BCUT2D eigenvalue weighted by atomic mass is 10.0. The van der Waals surface area contributed by atoms with E-state index in [-0.39, 0.29) is 25.7 Å². The van der Waals surface area contributed by atoms with E-state index in [9.17, 15) is 43.2 Å². The molecule has 3 unspecified atom stereocenters. The Bertz CT molecular complexity index is 1970. The molecule has 0 aromatic carbocycles. The zero-order chi connectivity index (χ0) is 74.6. The molecule has 0 saturated heterocycles. The molecule has 0 aliphatic heterocycles. The second-order valence-electron chi connectivity index (χ2n) is 31.4. The third-order valence-corrected chi connectivity index (χ3v) is 21.0. The number of ether oxygens (including phenoxy) is 4. The van der Waals surface area contributed by atoms with Crippen molar-refractivity contribution in [2.75, 3.05) is 39.6 Å². The minimum absolute atomic E-state index is 0.107. The zero-order valence-electron chi connectivity index (χ0n) is 66.5. The quantitative estimate of drug-likeness (QED) is 0.0222. The average Bonchev–Trinajstić information content (AvgIpc) is 0.934. The van der Waals surface area contributed by atoms with Crippen LogP contribution < -0.4 is 0 Å². The van der Waals surface area contributed by atoms with E-state index >= 15 is 0 Å². The number of carbonyl (C=O) groups excluding carboxylic acids is 4. The van der Waals surface area contributed by atoms with Crippen LogP contribution in [0.1, 0.15) is 421 Å². The molecule has 3 N–H and O–H groups in total. The van der Waals surface area contributed by atoms with Crippen LogP contribution >= 0.6 is 15.6 Å². The van der Waals surface area contributed by atoms with Gasteiger partial charge in [0.1, 0.15) is 19.3 Å². The molecule has 0 aliphatic rings. The molecule has 0 aliphatic carbocycles. The van der Waals surface area contributed by atoms with Gasteiger partial charge in [-0.3, -0.25) is 37.3 Å². The Labute approximate surface area is 619 Å². The third kappa shape index (κ3) is 76.1. The highest BCUT2D eigenvalue weighted by Gasteiger charge is 2.30. The van der Waals surface area contributed by atoms with Crippen molar-refractivity contribution in [2.24, 2.45) is 23.7 Å². The molecule has 0 bridgehead atoms. The maximum Gasteiger partial charge on any atom is 0.472 e. The molecule has 0 aromatic heterocycles. The lowest BCUT2D eigenvalue weighted by molar-refractivity contribution is -0.161. The highest BCUT2D eigenvalue weighted by atomic mass is 31.2. The number of phosphoric ester groups is 2. The van der Waals surface area contributed by atoms with Gasteiger partial charge in [0.2, 0.25) is 0 Å². The maximum absolute atomic E-state index is 13.1. The van der Waals surface area contributed by atoms with Crippen molar-refractivity contribution >= 4 is 39.5 Å². The predicted octanol–water partition coefficient (Wildman–Crippen LogP) is 24.4. The van der Waals surface area contributed by atoms with Gasteiger partial charge in [0.25, 0.3) is 0 Å². The van der Waals surface area contributed by atoms with Gasteiger partial charge in [0.15, 0.2) is 12.2 Å². The van der Waals surface area contributed by atoms with E-state index in [0.717, 1.165) is 114 Å². The van der Waals surface area contributed by atoms with Gasteiger partial charge in [-0.1, -0.05) is 370 Å². The number of carbonyl (C=O) groups is 4. The number of unbranched alkanes of at least 4 members (excludes halogenated alkanes) is 45. The monoisotopic (exact) mass is 1480 g/mol. The van der Waals surface area contributed by atoms with Crippen molar-refractivity contribution < 1.29 is 80.2 Å². The van der Waals surface area contributed by atoms with E-state index in [1.165, 1.54) is 218 Å². The Hall–Kier alpha value is -1.94. The molecule has 19 heteroatoms. The first-order valence-electron chi connectivity index (χ1n) is 42.2. The summed E-state index contributed by atoms with van der Waals surface area (Å²) >= 11 is 0. The van der Waals surface area contributed by atoms with Crippen LogP contribution in [0.5, 0.6) is 0 Å². The van der Waals surface area contributed by atoms with Gasteiger partial charge in [0, 0.05) is 25.7 Å². The van der Waals surface area contributed by atoms with Gasteiger partial charge < -0.3 is 33.8 Å². The second kappa shape index (κ2) is 71.0. The summed E-state index contributed by atoms with van der Waals surface area (Å²) in [5, 5.41) is 10.6. The summed E-state index contributed by atoms with van der Waals surface area (Å²) in [6.07, 6.45) is 58.4. The van der Waals surface area contributed by atoms with Gasteiger partial charge in [0.05, 0.1) is 26.4 Å². The van der Waals surface area contributed by atoms with E-state index in [1.807, 2.05) is 0 Å². The summed E-state index contributed by atoms with van der Waals surface area (Å²) in [6, 6.07) is 0. The summed E-state index contributed by atoms with van der Waals surface area (Å²) < 4.78 is 68.7. The maximum atomic E-state index is 13.1. The number of aliphatic hydroxyl groups is 1. The smallest absolute Gasteiger partial charge is 0.462 e. The largest absolute Gasteiger partial charge is 0.472 e. The van der Waals surface area contributed by atoms with Gasteiger partial charge in [-0.25, -0.2) is 9.13 Å². The molecule has 17 nitrogen and oxygen atoms in total. The Morgan fingerprint density at radius 3 is 0.614 bits per heavy atom. The van der Waals surface area contributed by atoms with Crippen LogP contribution in [-0.4, -0.2) is 96.7 Å². The summed E-state index contributed by atoms with van der Waals surface area (Å²) in [7, 11) is -9.92. The fourth-order valence-corrected chi connectivity index (χ4v) is 14.2. The standard InChI is InChI=1S/C82H160O17P2/c1-72(2)58-50-42-34-28-22-16-12-9-10-14-18-26-32-38-48-56-65-82(87)99-78(69-93-80(85)63-55-47-41-40-45-53-61-75(7)8)71-97-101(90,91)95-67-76(83)66-94-100(88,89)96-70-77(68-92-79(84)62-54-46-37-31-25-21-20-24-30-36-44-52-60-74(5)6)98-81(86)64-57-49-39-33-27-19-15-11-13-17-23-29-35-43-51-59-73(3)4/h72-78,83H,9-71H2,1-8H3,(H,88,89)(H,90,91)/t76?,77-,78-/m1/s1. The molecule has 0 spiro atoms. The molecule has 0 radical (unpaired) electrons. The Morgan fingerprint density at radius 1 is 0.248 bits per heavy atom. The number of hydrogen-bond donors (Lipinski definition) is 3. The van der Waals surface area contributed by atoms with Crippen molar-refractivity contribution in [1.82, 2.24) is 0 Å². The summed E-state index contributed by atoms with van der Waals surface area (Å²) in [6.45, 7) is 14.2. The van der Waals surface area contributed by atoms with Crippen molar-refractivity contribution in [2.45, 2.75) is 440 Å². The van der Waals surface area contributed by atoms with Crippen LogP contribution in [0, 0.1) is 23.7 Å². The first kappa shape index (κ1) is 99.1. The molecule has 0 aromatic rings. The Balaban J connectivity index is 5.21. The molecule has 0 heterocycles. The molecule has 5 atom stereocenters. The topological polar surface area (TPSA) is 237 Å². The van der Waals surface area contributed by atoms with Crippen molar-refractivity contribution in [3.8, 4) is 0 Å². The fourth-order valence-electron chi connectivity index (χ4n) is 12.6. The van der Waals surface area contributed by atoms with Crippen LogP contribution in [0.3, 0.4) is 0 Å². The van der Waals surface area contributed by atoms with Crippen molar-refractivity contribution in [3.63, 3.8) is 0 Å². The van der Waals surface area contributed by atoms with Gasteiger partial charge in [-0.05, 0) is 49.4 Å². The number of hydrogen-bond acceptors (Lipinski definition) is 15. The van der Waals surface area contributed by atoms with E-state index < -0.39 is 97.5 Å². The molecule has 600 valence electrons. The molecule has 101 heavy (non-hydrogen) atoms. The van der Waals surface area contributed by atoms with Crippen LogP contribution in [0.25, 0.3) is 0 Å². The molecule has 0 fully saturated rings. The van der Waals surface area contributed by atoms with Crippen LogP contribution in [0.15, 0.2) is 0 Å². The van der Waals surface area contributed by atoms with Crippen LogP contribution in [0.2, 0.25) is 0 Å². The lowest BCUT2D eigenvalue weighted by Gasteiger charge is -2.21. The lowest BCUT2D eigenvalue weighted by Crippen LogP contribution is -2.30. The van der Waals surface area contributed by atoms with Gasteiger partial charge >= 0.3 is 39.5 Å². The number of esters is 4. The number of phosphoric acid groups is 2. The minimum Gasteiger partial charge on any atom is -0.462 e. The normalized spacial score (nSPS) is 14.0. The average molecular weight is 1480 g/mol. The van der Waals surface area contributed by atoms with E-state index in [2.05, 4.69) is 55.4 Å². The van der Waals surface area contributed by atoms with E-state index in [0.29, 0.717) is 31.6 Å². The van der Waals surface area contributed by atoms with Gasteiger partial charge in [-0.15, -0.1) is 0 Å². The molecule has 0 rings (SSSR count). The highest BCUT2D eigenvalue weighted by molar-refractivity contribution is 7.47. The summed E-state index contributed by atoms with van der Waals surface area (Å²) in [4.78, 5) is 73.0. The predicted molar refractivity (Wildman–Crippen MR) is 414 cm³/mol. The van der Waals surface area contributed by atoms with Crippen molar-refractivity contribution in [1.29, 1.82) is 0 Å². The van der Waals surface area contributed by atoms with E-state index in [4.69, 9.17) is 37.0 Å². The fraction of sp³-hybridized carbons (Fsp3) is 0.951. The number of rotatable bonds is 79. The number of aliphatic hydroxyl groups excluding tert-OH is 1. The van der Waals surface area contributed by atoms with Crippen LogP contribution in [0.4, 0.5) is 0 Å². The highest BCUT2D eigenvalue weighted by Crippen LogP contribution is 2.45. The molecular weight excluding hydrogens is 1320 g/mol. The zero-order valence-corrected chi connectivity index (χ0v) is 68.3. The van der Waals surface area contributed by atoms with Crippen molar-refractivity contribution in [3.05, 3.63) is 0 Å². The first-order chi connectivity index (χ1) is 48.6. The molecule has 0 amide bonds. The Kier molecular flexibility index (Phi) is 69.6. The minimum atomic E-state index is -4.96. The van der Waals surface area contributed by atoms with E-state index in [1.54, 1.807) is 0 Å². The Morgan fingerprint density at radius 2 is 0.416 bits per heavy atom. The first-order valence-corrected chi connectivity index (χ1v) is 45.2. The van der Waals surface area contributed by atoms with Crippen LogP contribution in [-0.2, 0) is 65.4 Å². The van der Waals surface area contributed by atoms with Gasteiger partial charge in [-0.2, -0.15) is 0 Å². The molecule has 0 saturated carbocycles. The summed E-state index contributed by atoms with van der Waals surface area (Å²) in [5.74, 6) is 0.959.